The van der Waals surface area contributed by atoms with Crippen LogP contribution in [0.3, 0.4) is 0 Å². The largest absolute Gasteiger partial charge is 0.382 e. The fourth-order valence-electron chi connectivity index (χ4n) is 5.74. The van der Waals surface area contributed by atoms with Crippen LogP contribution in [0.25, 0.3) is 16.8 Å². The highest BCUT2D eigenvalue weighted by Gasteiger charge is 2.40. The molecule has 170 valence electrons. The molecule has 1 aromatic carbocycles. The van der Waals surface area contributed by atoms with E-state index in [0.717, 1.165) is 45.5 Å². The number of hydrogen-bond acceptors (Lipinski definition) is 6. The van der Waals surface area contributed by atoms with Crippen LogP contribution in [0.5, 0.6) is 0 Å². The van der Waals surface area contributed by atoms with Gasteiger partial charge in [-0.1, -0.05) is 47.6 Å². The van der Waals surface area contributed by atoms with Crippen molar-refractivity contribution in [1.29, 1.82) is 0 Å². The van der Waals surface area contributed by atoms with E-state index in [0.29, 0.717) is 16.3 Å². The zero-order chi connectivity index (χ0) is 22.9. The van der Waals surface area contributed by atoms with Crippen LogP contribution >= 0.6 is 23.4 Å². The number of aromatic nitrogens is 4. The van der Waals surface area contributed by atoms with Gasteiger partial charge in [-0.05, 0) is 60.4 Å². The van der Waals surface area contributed by atoms with E-state index in [4.69, 9.17) is 27.3 Å². The minimum Gasteiger partial charge on any atom is -0.382 e. The van der Waals surface area contributed by atoms with E-state index in [-0.39, 0.29) is 0 Å². The first-order valence-corrected chi connectivity index (χ1v) is 12.8. The first kappa shape index (κ1) is 20.4. The summed E-state index contributed by atoms with van der Waals surface area (Å²) >= 11 is 7.94. The Kier molecular flexibility index (Phi) is 4.48. The molecule has 6 nitrogen and oxygen atoms in total. The summed E-state index contributed by atoms with van der Waals surface area (Å²) in [7, 11) is 0. The summed E-state index contributed by atoms with van der Waals surface area (Å²) in [6.45, 7) is 2.06. The fraction of sp³-hybridized carbons (Fsp3) is 0.269. The van der Waals surface area contributed by atoms with Gasteiger partial charge in [0.1, 0.15) is 17.0 Å². The number of imidazole rings is 2. The second-order valence-corrected chi connectivity index (χ2v) is 11.0. The van der Waals surface area contributed by atoms with E-state index in [1.165, 1.54) is 25.7 Å². The van der Waals surface area contributed by atoms with Gasteiger partial charge in [-0.2, -0.15) is 0 Å². The monoisotopic (exact) mass is 486 g/mol. The number of piperidine rings is 1. The summed E-state index contributed by atoms with van der Waals surface area (Å²) in [6, 6.07) is 15.0. The summed E-state index contributed by atoms with van der Waals surface area (Å²) < 4.78 is 2.16. The lowest BCUT2D eigenvalue weighted by Gasteiger charge is -2.39. The van der Waals surface area contributed by atoms with Crippen LogP contribution in [-0.2, 0) is 12.8 Å². The van der Waals surface area contributed by atoms with Crippen LogP contribution in [0.15, 0.2) is 64.6 Å². The molecule has 5 aromatic rings. The number of nitrogens with zero attached hydrogens (tertiary/aromatic N) is 5. The molecule has 0 amide bonds. The number of hydrogen-bond donors (Lipinski definition) is 1. The average molecular weight is 487 g/mol. The van der Waals surface area contributed by atoms with Crippen LogP contribution in [0, 0.1) is 5.41 Å². The molecule has 1 fully saturated rings. The zero-order valence-electron chi connectivity index (χ0n) is 18.5. The summed E-state index contributed by atoms with van der Waals surface area (Å²) in [4.78, 5) is 18.2. The quantitative estimate of drug-likeness (QED) is 0.363. The third kappa shape index (κ3) is 3.07. The molecule has 5 heterocycles. The molecule has 4 aromatic heterocycles. The molecule has 2 N–H and O–H groups in total. The van der Waals surface area contributed by atoms with Gasteiger partial charge in [0.25, 0.3) is 0 Å². The van der Waals surface area contributed by atoms with Crippen molar-refractivity contribution in [2.75, 3.05) is 23.7 Å². The molecule has 2 aliphatic rings. The molecule has 1 aliphatic heterocycles. The van der Waals surface area contributed by atoms with Gasteiger partial charge in [0, 0.05) is 24.2 Å². The van der Waals surface area contributed by atoms with Crippen LogP contribution in [0.1, 0.15) is 24.0 Å². The first-order chi connectivity index (χ1) is 16.6. The van der Waals surface area contributed by atoms with Gasteiger partial charge in [-0.25, -0.2) is 15.0 Å². The van der Waals surface area contributed by atoms with Crippen molar-refractivity contribution in [2.45, 2.75) is 35.5 Å². The summed E-state index contributed by atoms with van der Waals surface area (Å²) in [5, 5.41) is 0.477. The molecule has 0 bridgehead atoms. The normalized spacial score (nSPS) is 17.3. The van der Waals surface area contributed by atoms with E-state index >= 15 is 0 Å². The number of rotatable bonds is 3. The molecular formula is C26H23ClN6S. The summed E-state index contributed by atoms with van der Waals surface area (Å²) in [6.07, 6.45) is 8.45. The first-order valence-electron chi connectivity index (χ1n) is 11.6. The third-order valence-corrected chi connectivity index (χ3v) is 9.13. The smallest absolute Gasteiger partial charge is 0.157 e. The van der Waals surface area contributed by atoms with Crippen molar-refractivity contribution in [3.8, 4) is 0 Å². The Hall–Kier alpha value is -3.03. The predicted octanol–water partition coefficient (Wildman–Crippen LogP) is 5.49. The Bertz CT molecular complexity index is 1510. The van der Waals surface area contributed by atoms with E-state index in [9.17, 15) is 0 Å². The highest BCUT2D eigenvalue weighted by Crippen LogP contribution is 2.46. The molecule has 1 aliphatic carbocycles. The number of pyridine rings is 2. The Balaban J connectivity index is 1.17. The van der Waals surface area contributed by atoms with Crippen molar-refractivity contribution in [3.63, 3.8) is 0 Å². The minimum absolute atomic E-state index is 0.339. The van der Waals surface area contributed by atoms with Crippen molar-refractivity contribution >= 4 is 51.8 Å². The number of nitrogens with two attached hydrogens (primary N) is 1. The van der Waals surface area contributed by atoms with Crippen LogP contribution in [0.4, 0.5) is 11.6 Å². The van der Waals surface area contributed by atoms with Crippen LogP contribution < -0.4 is 10.6 Å². The van der Waals surface area contributed by atoms with Gasteiger partial charge >= 0.3 is 0 Å². The Labute approximate surface area is 206 Å². The lowest BCUT2D eigenvalue weighted by molar-refractivity contribution is 0.232. The predicted molar refractivity (Wildman–Crippen MR) is 137 cm³/mol. The number of nitrogen functional groups attached to an aromatic ring is 1. The topological polar surface area (TPSA) is 72.3 Å². The lowest BCUT2D eigenvalue weighted by atomic mass is 9.76. The average Bonchev–Trinajstić information content (AvgIpc) is 3.54. The van der Waals surface area contributed by atoms with Gasteiger partial charge < -0.3 is 10.6 Å². The molecule has 0 radical (unpaired) electrons. The molecular weight excluding hydrogens is 464 g/mol. The molecule has 1 saturated heterocycles. The van der Waals surface area contributed by atoms with Gasteiger partial charge in [-0.15, -0.1) is 0 Å². The van der Waals surface area contributed by atoms with Gasteiger partial charge in [0.2, 0.25) is 0 Å². The van der Waals surface area contributed by atoms with Crippen LogP contribution in [0.2, 0.25) is 5.02 Å². The maximum Gasteiger partial charge on any atom is 0.157 e. The molecule has 0 atom stereocenters. The number of benzene rings is 1. The fourth-order valence-corrected chi connectivity index (χ4v) is 6.90. The summed E-state index contributed by atoms with van der Waals surface area (Å²) in [5.41, 5.74) is 12.3. The second-order valence-electron chi connectivity index (χ2n) is 9.51. The minimum atomic E-state index is 0.339. The molecule has 0 unspecified atom stereocenters. The molecule has 0 saturated carbocycles. The SMILES string of the molecule is Nc1nccc(Sc2ccc3nc(N4CCC5(CC4)Cc4ccccc4C5)c4cnc2n34)c1Cl. The highest BCUT2D eigenvalue weighted by atomic mass is 35.5. The molecule has 8 heteroatoms. The van der Waals surface area contributed by atoms with Crippen molar-refractivity contribution in [2.24, 2.45) is 5.41 Å². The zero-order valence-corrected chi connectivity index (χ0v) is 20.1. The van der Waals surface area contributed by atoms with Crippen molar-refractivity contribution < 1.29 is 0 Å². The molecule has 7 rings (SSSR count). The van der Waals surface area contributed by atoms with Gasteiger partial charge in [0.15, 0.2) is 11.5 Å². The van der Waals surface area contributed by atoms with Gasteiger partial charge in [0.05, 0.1) is 16.1 Å². The Morgan fingerprint density at radius 1 is 0.941 bits per heavy atom. The molecule has 34 heavy (non-hydrogen) atoms. The summed E-state index contributed by atoms with van der Waals surface area (Å²) in [5.74, 6) is 1.38. The van der Waals surface area contributed by atoms with Crippen LogP contribution in [-0.4, -0.2) is 32.4 Å². The van der Waals surface area contributed by atoms with Crippen molar-refractivity contribution in [3.05, 3.63) is 71.0 Å². The molecule has 1 spiro atoms. The second kappa shape index (κ2) is 7.48. The van der Waals surface area contributed by atoms with E-state index in [1.54, 1.807) is 29.1 Å². The van der Waals surface area contributed by atoms with E-state index < -0.39 is 0 Å². The lowest BCUT2D eigenvalue weighted by Crippen LogP contribution is -2.40. The number of halogens is 1. The third-order valence-electron chi connectivity index (χ3n) is 7.52. The maximum atomic E-state index is 6.38. The number of anilines is 2. The highest BCUT2D eigenvalue weighted by molar-refractivity contribution is 7.99. The number of fused-ring (bicyclic) bond motifs is 1. The van der Waals surface area contributed by atoms with E-state index in [1.807, 2.05) is 12.3 Å². The maximum absolute atomic E-state index is 6.38. The van der Waals surface area contributed by atoms with Crippen molar-refractivity contribution in [1.82, 2.24) is 19.4 Å². The Morgan fingerprint density at radius 3 is 2.47 bits per heavy atom. The Morgan fingerprint density at radius 2 is 1.71 bits per heavy atom. The van der Waals surface area contributed by atoms with E-state index in [2.05, 4.69) is 50.7 Å². The standard InChI is InChI=1S/C26H23ClN6S/c27-22-19(7-10-29-23(22)28)34-20-5-6-21-31-24(18-15-30-25(20)33(18)21)32-11-8-26(9-12-32)13-16-3-1-2-4-17(16)14-26/h1-7,10,15H,8-9,11-14H2,(H2,28,29). The van der Waals surface area contributed by atoms with Gasteiger partial charge in [-0.3, -0.25) is 4.40 Å².